The minimum absolute atomic E-state index is 0.0656. The third-order valence-electron chi connectivity index (χ3n) is 2.54. The smallest absolute Gasteiger partial charge is 0.263 e. The van der Waals surface area contributed by atoms with Gasteiger partial charge in [-0.15, -0.1) is 11.3 Å². The largest absolute Gasteiger partial charge is 0.337 e. The summed E-state index contributed by atoms with van der Waals surface area (Å²) in [6, 6.07) is 3.92. The van der Waals surface area contributed by atoms with Crippen molar-refractivity contribution in [1.82, 2.24) is 15.1 Å². The van der Waals surface area contributed by atoms with Crippen molar-refractivity contribution in [3.8, 4) is 0 Å². The van der Waals surface area contributed by atoms with Crippen molar-refractivity contribution in [1.29, 1.82) is 0 Å². The van der Waals surface area contributed by atoms with Gasteiger partial charge in [0.15, 0.2) is 0 Å². The molecule has 0 unspecified atom stereocenters. The first-order valence-electron chi connectivity index (χ1n) is 5.52. The average Bonchev–Trinajstić information content (AvgIpc) is 2.98. The van der Waals surface area contributed by atoms with E-state index in [0.717, 1.165) is 16.9 Å². The number of aromatic amines is 1. The molecule has 0 aliphatic rings. The third kappa shape index (κ3) is 2.74. The Bertz CT molecular complexity index is 490. The van der Waals surface area contributed by atoms with E-state index in [2.05, 4.69) is 17.1 Å². The standard InChI is InChI=1S/C12H15N3OS/c1-3-10-4-5-11(17-10)12(16)15(2)8-9-6-13-14-7-9/h4-7H,3,8H2,1-2H3,(H,13,14). The molecule has 2 aromatic heterocycles. The summed E-state index contributed by atoms with van der Waals surface area (Å²) in [5, 5.41) is 6.61. The van der Waals surface area contributed by atoms with E-state index in [1.165, 1.54) is 4.88 Å². The molecular formula is C12H15N3OS. The Hall–Kier alpha value is -1.62. The maximum atomic E-state index is 12.1. The lowest BCUT2D eigenvalue weighted by atomic mass is 10.3. The van der Waals surface area contributed by atoms with Gasteiger partial charge in [-0.25, -0.2) is 0 Å². The van der Waals surface area contributed by atoms with Gasteiger partial charge in [-0.3, -0.25) is 9.89 Å². The number of hydrogen-bond donors (Lipinski definition) is 1. The zero-order chi connectivity index (χ0) is 12.3. The fraction of sp³-hybridized carbons (Fsp3) is 0.333. The molecule has 2 aromatic rings. The Morgan fingerprint density at radius 1 is 1.53 bits per heavy atom. The van der Waals surface area contributed by atoms with Crippen molar-refractivity contribution < 1.29 is 4.79 Å². The van der Waals surface area contributed by atoms with Crippen LogP contribution in [0.5, 0.6) is 0 Å². The molecule has 0 saturated carbocycles. The van der Waals surface area contributed by atoms with Crippen molar-refractivity contribution in [2.24, 2.45) is 0 Å². The predicted octanol–water partition coefficient (Wildman–Crippen LogP) is 2.31. The van der Waals surface area contributed by atoms with Crippen molar-refractivity contribution in [3.63, 3.8) is 0 Å². The number of nitrogens with one attached hydrogen (secondary N) is 1. The van der Waals surface area contributed by atoms with E-state index in [9.17, 15) is 4.79 Å². The maximum Gasteiger partial charge on any atom is 0.263 e. The molecule has 0 bridgehead atoms. The lowest BCUT2D eigenvalue weighted by Gasteiger charge is -2.14. The van der Waals surface area contributed by atoms with Crippen molar-refractivity contribution in [3.05, 3.63) is 39.8 Å². The van der Waals surface area contributed by atoms with Crippen molar-refractivity contribution >= 4 is 17.2 Å². The highest BCUT2D eigenvalue weighted by atomic mass is 32.1. The van der Waals surface area contributed by atoms with Crippen LogP contribution in [-0.4, -0.2) is 28.1 Å². The zero-order valence-electron chi connectivity index (χ0n) is 9.93. The molecule has 2 heterocycles. The fourth-order valence-corrected chi connectivity index (χ4v) is 2.52. The molecule has 4 nitrogen and oxygen atoms in total. The molecule has 0 spiro atoms. The lowest BCUT2D eigenvalue weighted by Crippen LogP contribution is -2.25. The Balaban J connectivity index is 2.04. The number of H-pyrrole nitrogens is 1. The highest BCUT2D eigenvalue weighted by Gasteiger charge is 2.14. The van der Waals surface area contributed by atoms with Crippen LogP contribution >= 0.6 is 11.3 Å². The van der Waals surface area contributed by atoms with Gasteiger partial charge in [0, 0.05) is 30.2 Å². The number of rotatable bonds is 4. The first-order valence-corrected chi connectivity index (χ1v) is 6.34. The molecule has 0 aromatic carbocycles. The van der Waals surface area contributed by atoms with Crippen LogP contribution in [0.25, 0.3) is 0 Å². The van der Waals surface area contributed by atoms with Gasteiger partial charge in [-0.05, 0) is 18.6 Å². The summed E-state index contributed by atoms with van der Waals surface area (Å²) in [6.45, 7) is 2.67. The summed E-state index contributed by atoms with van der Waals surface area (Å²) in [6.07, 6.45) is 4.51. The van der Waals surface area contributed by atoms with Crippen LogP contribution in [0.2, 0.25) is 0 Å². The molecule has 0 aliphatic carbocycles. The molecule has 1 amide bonds. The van der Waals surface area contributed by atoms with E-state index >= 15 is 0 Å². The first kappa shape index (κ1) is 11.9. The first-order chi connectivity index (χ1) is 8.20. The number of aromatic nitrogens is 2. The van der Waals surface area contributed by atoms with Crippen molar-refractivity contribution in [2.75, 3.05) is 7.05 Å². The zero-order valence-corrected chi connectivity index (χ0v) is 10.8. The minimum Gasteiger partial charge on any atom is -0.337 e. The number of aryl methyl sites for hydroxylation is 1. The number of carbonyl (C=O) groups excluding carboxylic acids is 1. The van der Waals surface area contributed by atoms with Gasteiger partial charge in [0.05, 0.1) is 11.1 Å². The highest BCUT2D eigenvalue weighted by molar-refractivity contribution is 7.14. The van der Waals surface area contributed by atoms with E-state index in [4.69, 9.17) is 0 Å². The van der Waals surface area contributed by atoms with E-state index < -0.39 is 0 Å². The van der Waals surface area contributed by atoms with E-state index in [1.807, 2.05) is 12.1 Å². The SMILES string of the molecule is CCc1ccc(C(=O)N(C)Cc2cn[nH]c2)s1. The highest BCUT2D eigenvalue weighted by Crippen LogP contribution is 2.19. The number of carbonyl (C=O) groups is 1. The van der Waals surface area contributed by atoms with Gasteiger partial charge in [-0.1, -0.05) is 6.92 Å². The molecule has 17 heavy (non-hydrogen) atoms. The molecule has 90 valence electrons. The maximum absolute atomic E-state index is 12.1. The van der Waals surface area contributed by atoms with Crippen LogP contribution in [0.15, 0.2) is 24.5 Å². The molecule has 0 atom stereocenters. The Labute approximate surface area is 104 Å². The second kappa shape index (κ2) is 5.14. The molecular weight excluding hydrogens is 234 g/mol. The average molecular weight is 249 g/mol. The summed E-state index contributed by atoms with van der Waals surface area (Å²) in [4.78, 5) is 15.9. The van der Waals surface area contributed by atoms with Gasteiger partial charge in [0.1, 0.15) is 0 Å². The Morgan fingerprint density at radius 2 is 2.35 bits per heavy atom. The lowest BCUT2D eigenvalue weighted by molar-refractivity contribution is 0.0790. The topological polar surface area (TPSA) is 49.0 Å². The summed E-state index contributed by atoms with van der Waals surface area (Å²) in [5.41, 5.74) is 1.01. The van der Waals surface area contributed by atoms with Gasteiger partial charge in [0.2, 0.25) is 0 Å². The summed E-state index contributed by atoms with van der Waals surface area (Å²) in [7, 11) is 1.81. The molecule has 0 saturated heterocycles. The van der Waals surface area contributed by atoms with Crippen LogP contribution in [0.3, 0.4) is 0 Å². The van der Waals surface area contributed by atoms with Gasteiger partial charge < -0.3 is 4.90 Å². The summed E-state index contributed by atoms with van der Waals surface area (Å²) >= 11 is 1.57. The Kier molecular flexibility index (Phi) is 3.58. The van der Waals surface area contributed by atoms with Crippen LogP contribution in [0.4, 0.5) is 0 Å². The van der Waals surface area contributed by atoms with E-state index in [0.29, 0.717) is 6.54 Å². The summed E-state index contributed by atoms with van der Waals surface area (Å²) < 4.78 is 0. The van der Waals surface area contributed by atoms with E-state index in [-0.39, 0.29) is 5.91 Å². The number of amides is 1. The van der Waals surface area contributed by atoms with Crippen LogP contribution in [0.1, 0.15) is 27.0 Å². The summed E-state index contributed by atoms with van der Waals surface area (Å²) in [5.74, 6) is 0.0656. The van der Waals surface area contributed by atoms with Crippen LogP contribution < -0.4 is 0 Å². The molecule has 0 fully saturated rings. The van der Waals surface area contributed by atoms with Crippen molar-refractivity contribution in [2.45, 2.75) is 19.9 Å². The quantitative estimate of drug-likeness (QED) is 0.904. The van der Waals surface area contributed by atoms with Gasteiger partial charge in [0.25, 0.3) is 5.91 Å². The number of thiophene rings is 1. The van der Waals surface area contributed by atoms with Gasteiger partial charge in [-0.2, -0.15) is 5.10 Å². The van der Waals surface area contributed by atoms with Crippen LogP contribution in [-0.2, 0) is 13.0 Å². The van der Waals surface area contributed by atoms with E-state index in [1.54, 1.807) is 35.7 Å². The monoisotopic (exact) mass is 249 g/mol. The third-order valence-corrected chi connectivity index (χ3v) is 3.76. The number of nitrogens with zero attached hydrogens (tertiary/aromatic N) is 2. The second-order valence-electron chi connectivity index (χ2n) is 3.89. The van der Waals surface area contributed by atoms with Gasteiger partial charge >= 0.3 is 0 Å². The normalized spacial score (nSPS) is 10.5. The molecule has 5 heteroatoms. The van der Waals surface area contributed by atoms with Crippen LogP contribution in [0, 0.1) is 0 Å². The molecule has 1 N–H and O–H groups in total. The Morgan fingerprint density at radius 3 is 2.94 bits per heavy atom. The minimum atomic E-state index is 0.0656. The fourth-order valence-electron chi connectivity index (χ4n) is 1.58. The predicted molar refractivity (Wildman–Crippen MR) is 68.1 cm³/mol. The molecule has 2 rings (SSSR count). The number of hydrogen-bond acceptors (Lipinski definition) is 3. The second-order valence-corrected chi connectivity index (χ2v) is 5.06. The molecule has 0 aliphatic heterocycles. The molecule has 0 radical (unpaired) electrons.